The summed E-state index contributed by atoms with van der Waals surface area (Å²) in [5.74, 6) is 0.268. The second kappa shape index (κ2) is 15.6. The van der Waals surface area contributed by atoms with Gasteiger partial charge >= 0.3 is 0 Å². The largest absolute Gasteiger partial charge is 0.309 e. The molecule has 0 saturated carbocycles. The Balaban J connectivity index is 1.10. The van der Waals surface area contributed by atoms with Crippen molar-refractivity contribution in [3.05, 3.63) is 223 Å². The van der Waals surface area contributed by atoms with Gasteiger partial charge in [-0.2, -0.15) is 5.26 Å². The summed E-state index contributed by atoms with van der Waals surface area (Å²) in [5.41, 5.74) is 11.3. The van der Waals surface area contributed by atoms with Crippen LogP contribution in [0.25, 0.3) is 111 Å². The molecule has 6 nitrogen and oxygen atoms in total. The Morgan fingerprint density at radius 3 is 1.38 bits per heavy atom. The first-order chi connectivity index (χ1) is 32.5. The number of nitrogens with zero attached hydrogens (tertiary/aromatic N) is 6. The van der Waals surface area contributed by atoms with Gasteiger partial charge in [0.25, 0.3) is 0 Å². The van der Waals surface area contributed by atoms with E-state index in [0.29, 0.717) is 39.9 Å². The highest BCUT2D eigenvalue weighted by Gasteiger charge is 2.22. The number of nitriles is 1. The zero-order chi connectivity index (χ0) is 44.3. The van der Waals surface area contributed by atoms with Gasteiger partial charge < -0.3 is 9.13 Å². The molecule has 0 N–H and O–H groups in total. The average Bonchev–Trinajstić information content (AvgIpc) is 3.88. The van der Waals surface area contributed by atoms with E-state index in [2.05, 4.69) is 106 Å². The predicted molar refractivity (Wildman–Crippen MR) is 260 cm³/mol. The molecule has 0 unspecified atom stereocenters. The van der Waals surface area contributed by atoms with E-state index in [-0.39, 0.29) is 0 Å². The first-order valence-electron chi connectivity index (χ1n) is 21.5. The summed E-state index contributed by atoms with van der Waals surface area (Å²) >= 11 is 0. The first kappa shape index (κ1) is 38.6. The monoisotopic (exact) mass is 852 g/mol. The lowest BCUT2D eigenvalue weighted by molar-refractivity contribution is 0.584. The van der Waals surface area contributed by atoms with Crippen LogP contribution in [-0.4, -0.2) is 24.1 Å². The third-order valence-corrected chi connectivity index (χ3v) is 12.3. The van der Waals surface area contributed by atoms with E-state index in [1.54, 1.807) is 12.1 Å². The van der Waals surface area contributed by atoms with Crippen molar-refractivity contribution in [2.24, 2.45) is 0 Å². The fourth-order valence-corrected chi connectivity index (χ4v) is 9.35. The van der Waals surface area contributed by atoms with Gasteiger partial charge in [0.2, 0.25) is 0 Å². The molecule has 3 heterocycles. The van der Waals surface area contributed by atoms with Crippen molar-refractivity contribution in [1.82, 2.24) is 24.1 Å². The third kappa shape index (κ3) is 6.49. The van der Waals surface area contributed by atoms with Crippen molar-refractivity contribution in [1.29, 1.82) is 5.26 Å². The summed E-state index contributed by atoms with van der Waals surface area (Å²) in [6.45, 7) is 0. The van der Waals surface area contributed by atoms with Crippen molar-refractivity contribution in [2.75, 3.05) is 0 Å². The van der Waals surface area contributed by atoms with Gasteiger partial charge in [-0.25, -0.2) is 23.7 Å². The van der Waals surface area contributed by atoms with Crippen LogP contribution in [0.3, 0.4) is 0 Å². The van der Waals surface area contributed by atoms with Crippen molar-refractivity contribution in [3.8, 4) is 73.9 Å². The molecule has 310 valence electrons. The molecule has 9 aromatic carbocycles. The minimum Gasteiger partial charge on any atom is -0.309 e. The van der Waals surface area contributed by atoms with Crippen LogP contribution in [-0.2, 0) is 0 Å². The van der Waals surface area contributed by atoms with Crippen LogP contribution in [0.2, 0.25) is 0 Å². The Morgan fingerprint density at radius 1 is 0.348 bits per heavy atom. The Hall–Kier alpha value is -9.06. The Kier molecular flexibility index (Phi) is 9.14. The lowest BCUT2D eigenvalue weighted by atomic mass is 9.98. The highest BCUT2D eigenvalue weighted by molar-refractivity contribution is 6.12. The molecule has 0 bridgehead atoms. The maximum Gasteiger partial charge on any atom is 0.166 e. The van der Waals surface area contributed by atoms with E-state index >= 15 is 0 Å². The second-order valence-corrected chi connectivity index (χ2v) is 16.2. The molecule has 66 heavy (non-hydrogen) atoms. The minimum atomic E-state index is -0.696. The molecular formula is C58H34F2N6. The van der Waals surface area contributed by atoms with Gasteiger partial charge in [0, 0.05) is 49.9 Å². The van der Waals surface area contributed by atoms with Gasteiger partial charge in [-0.15, -0.1) is 0 Å². The quantitative estimate of drug-likeness (QED) is 0.160. The Bertz CT molecular complexity index is 3790. The summed E-state index contributed by atoms with van der Waals surface area (Å²) in [5, 5.41) is 14.2. The van der Waals surface area contributed by atoms with Crippen LogP contribution in [0.5, 0.6) is 0 Å². The molecule has 0 fully saturated rings. The van der Waals surface area contributed by atoms with Gasteiger partial charge in [-0.05, 0) is 89.5 Å². The van der Waals surface area contributed by atoms with Crippen LogP contribution in [0.15, 0.2) is 206 Å². The maximum absolute atomic E-state index is 14.7. The molecule has 0 amide bonds. The summed E-state index contributed by atoms with van der Waals surface area (Å²) in [6.07, 6.45) is 0. The van der Waals surface area contributed by atoms with Crippen LogP contribution < -0.4 is 0 Å². The third-order valence-electron chi connectivity index (χ3n) is 12.3. The molecule has 12 aromatic rings. The normalized spacial score (nSPS) is 11.5. The highest BCUT2D eigenvalue weighted by Crippen LogP contribution is 2.41. The smallest absolute Gasteiger partial charge is 0.166 e. The van der Waals surface area contributed by atoms with Gasteiger partial charge in [0.05, 0.1) is 45.1 Å². The number of aromatic nitrogens is 5. The fraction of sp³-hybridized carbons (Fsp3) is 0. The first-order valence-corrected chi connectivity index (χ1v) is 21.5. The number of halogens is 2. The van der Waals surface area contributed by atoms with Crippen molar-refractivity contribution in [3.63, 3.8) is 0 Å². The molecule has 0 aliphatic carbocycles. The van der Waals surface area contributed by atoms with Crippen LogP contribution in [0, 0.1) is 23.0 Å². The Morgan fingerprint density at radius 2 is 0.803 bits per heavy atom. The second-order valence-electron chi connectivity index (χ2n) is 16.2. The molecule has 3 aromatic heterocycles. The lowest BCUT2D eigenvalue weighted by Gasteiger charge is -2.17. The average molecular weight is 853 g/mol. The number of fused-ring (bicyclic) bond motifs is 6. The zero-order valence-electron chi connectivity index (χ0n) is 35.1. The standard InChI is InChI=1S/C58H34F2N6/c59-42-30-41(31-43(60)34-42)47-29-36(35-61)23-26-53(47)66-52-22-12-9-19-46(52)48-32-39(24-27-54(48)66)40-25-28-55(65-50-20-10-7-17-44(50)45-18-8-11-21-51(45)65)49(33-40)58-63-56(37-13-3-1-4-14-37)62-57(64-58)38-15-5-2-6-16-38/h1-34H. The Labute approximate surface area is 377 Å². The van der Waals surface area contributed by atoms with E-state index in [9.17, 15) is 14.0 Å². The van der Waals surface area contributed by atoms with Crippen molar-refractivity contribution in [2.45, 2.75) is 0 Å². The maximum atomic E-state index is 14.7. The molecule has 0 aliphatic rings. The molecule has 0 radical (unpaired) electrons. The molecule has 12 rings (SSSR count). The summed E-state index contributed by atoms with van der Waals surface area (Å²) in [4.78, 5) is 15.5. The summed E-state index contributed by atoms with van der Waals surface area (Å²) in [7, 11) is 0. The van der Waals surface area contributed by atoms with E-state index in [0.717, 1.165) is 83.2 Å². The summed E-state index contributed by atoms with van der Waals surface area (Å²) < 4.78 is 33.9. The van der Waals surface area contributed by atoms with Crippen molar-refractivity contribution >= 4 is 43.6 Å². The lowest BCUT2D eigenvalue weighted by Crippen LogP contribution is -2.04. The van der Waals surface area contributed by atoms with Gasteiger partial charge in [0.15, 0.2) is 17.5 Å². The van der Waals surface area contributed by atoms with Crippen molar-refractivity contribution < 1.29 is 8.78 Å². The number of hydrogen-bond acceptors (Lipinski definition) is 4. The topological polar surface area (TPSA) is 72.3 Å². The summed E-state index contributed by atoms with van der Waals surface area (Å²) in [6, 6.07) is 68.8. The van der Waals surface area contributed by atoms with Gasteiger partial charge in [-0.3, -0.25) is 0 Å². The van der Waals surface area contributed by atoms with E-state index in [4.69, 9.17) is 15.0 Å². The molecule has 0 saturated heterocycles. The van der Waals surface area contributed by atoms with E-state index in [1.807, 2.05) is 84.9 Å². The molecule has 0 aliphatic heterocycles. The van der Waals surface area contributed by atoms with Crippen LogP contribution in [0.1, 0.15) is 5.56 Å². The number of hydrogen-bond donors (Lipinski definition) is 0. The highest BCUT2D eigenvalue weighted by atomic mass is 19.1. The molecular weight excluding hydrogens is 819 g/mol. The van der Waals surface area contributed by atoms with Gasteiger partial charge in [0.1, 0.15) is 11.6 Å². The molecule has 0 atom stereocenters. The van der Waals surface area contributed by atoms with E-state index < -0.39 is 11.6 Å². The molecule has 8 heteroatoms. The van der Waals surface area contributed by atoms with Gasteiger partial charge in [-0.1, -0.05) is 127 Å². The number of benzene rings is 9. The minimum absolute atomic E-state index is 0.335. The SMILES string of the molecule is N#Cc1ccc(-n2c3ccccc3c3cc(-c4ccc(-n5c6ccccc6c6ccccc65)c(-c5nc(-c6ccccc6)nc(-c6ccccc6)n5)c4)ccc32)c(-c2cc(F)cc(F)c2)c1. The molecule has 0 spiro atoms. The van der Waals surface area contributed by atoms with E-state index in [1.165, 1.54) is 12.1 Å². The number of rotatable bonds is 7. The number of para-hydroxylation sites is 3. The predicted octanol–water partition coefficient (Wildman–Crippen LogP) is 14.6. The van der Waals surface area contributed by atoms with Crippen LogP contribution >= 0.6 is 0 Å². The fourth-order valence-electron chi connectivity index (χ4n) is 9.35. The zero-order valence-corrected chi connectivity index (χ0v) is 35.1. The van der Waals surface area contributed by atoms with Crippen LogP contribution in [0.4, 0.5) is 8.78 Å².